The van der Waals surface area contributed by atoms with E-state index in [4.69, 9.17) is 10.2 Å². The number of carboxylic acid groups (broad SMARTS) is 2. The minimum Gasteiger partial charge on any atom is -0.478 e. The van der Waals surface area contributed by atoms with Gasteiger partial charge in [0.1, 0.15) is 5.69 Å². The fourth-order valence-corrected chi connectivity index (χ4v) is 1.84. The predicted octanol–water partition coefficient (Wildman–Crippen LogP) is 2.45. The first-order chi connectivity index (χ1) is 9.00. The lowest BCUT2D eigenvalue weighted by Crippen LogP contribution is -2.06. The summed E-state index contributed by atoms with van der Waals surface area (Å²) in [6.07, 6.45) is 1.08. The number of nitrogens with zero attached hydrogens (tertiary/aromatic N) is 1. The summed E-state index contributed by atoms with van der Waals surface area (Å²) in [4.78, 5) is 25.8. The van der Waals surface area contributed by atoms with Crippen LogP contribution in [0.5, 0.6) is 0 Å². The summed E-state index contributed by atoms with van der Waals surface area (Å²) in [5, 5.41) is 18.1. The summed E-state index contributed by atoms with van der Waals surface area (Å²) < 4.78 is 0. The molecule has 0 saturated heterocycles. The van der Waals surface area contributed by atoms with Crippen LogP contribution < -0.4 is 0 Å². The number of hydrogen-bond donors (Lipinski definition) is 2. The first-order valence-electron chi connectivity index (χ1n) is 5.53. The van der Waals surface area contributed by atoms with Crippen LogP contribution in [0.3, 0.4) is 0 Å². The first kappa shape index (κ1) is 12.8. The van der Waals surface area contributed by atoms with Crippen LogP contribution >= 0.6 is 0 Å². The lowest BCUT2D eigenvalue weighted by Gasteiger charge is -2.09. The van der Waals surface area contributed by atoms with E-state index in [0.717, 1.165) is 11.8 Å². The second-order valence-corrected chi connectivity index (χ2v) is 4.04. The Morgan fingerprint density at radius 1 is 1.05 bits per heavy atom. The molecule has 0 aliphatic heterocycles. The van der Waals surface area contributed by atoms with Crippen molar-refractivity contribution in [3.63, 3.8) is 0 Å². The SMILES string of the molecule is Cc1ccccc1-c1cc(C(=O)O)ncc1C(=O)O. The van der Waals surface area contributed by atoms with Gasteiger partial charge in [-0.3, -0.25) is 0 Å². The Labute approximate surface area is 109 Å². The number of aryl methyl sites for hydroxylation is 1. The lowest BCUT2D eigenvalue weighted by atomic mass is 9.97. The van der Waals surface area contributed by atoms with Crippen molar-refractivity contribution < 1.29 is 19.8 Å². The fraction of sp³-hybridized carbons (Fsp3) is 0.0714. The fourth-order valence-electron chi connectivity index (χ4n) is 1.84. The van der Waals surface area contributed by atoms with Crippen molar-refractivity contribution >= 4 is 11.9 Å². The van der Waals surface area contributed by atoms with Crippen molar-refractivity contribution in [3.05, 3.63) is 53.3 Å². The predicted molar refractivity (Wildman–Crippen MR) is 68.3 cm³/mol. The van der Waals surface area contributed by atoms with Gasteiger partial charge in [-0.1, -0.05) is 24.3 Å². The second-order valence-electron chi connectivity index (χ2n) is 4.04. The molecule has 1 aromatic carbocycles. The summed E-state index contributed by atoms with van der Waals surface area (Å²) in [5.41, 5.74) is 1.72. The Kier molecular flexibility index (Phi) is 3.29. The quantitative estimate of drug-likeness (QED) is 0.881. The Morgan fingerprint density at radius 3 is 2.32 bits per heavy atom. The van der Waals surface area contributed by atoms with E-state index >= 15 is 0 Å². The molecule has 0 spiro atoms. The molecule has 0 aliphatic carbocycles. The zero-order valence-corrected chi connectivity index (χ0v) is 10.1. The van der Waals surface area contributed by atoms with Crippen LogP contribution in [0.4, 0.5) is 0 Å². The van der Waals surface area contributed by atoms with Crippen LogP contribution in [0.15, 0.2) is 36.5 Å². The number of hydrogen-bond acceptors (Lipinski definition) is 3. The molecule has 2 N–H and O–H groups in total. The van der Waals surface area contributed by atoms with E-state index in [9.17, 15) is 9.59 Å². The van der Waals surface area contributed by atoms with Gasteiger partial charge in [-0.15, -0.1) is 0 Å². The molecular weight excluding hydrogens is 246 g/mol. The van der Waals surface area contributed by atoms with Crippen LogP contribution in [0.1, 0.15) is 26.4 Å². The number of aromatic carboxylic acids is 2. The monoisotopic (exact) mass is 257 g/mol. The van der Waals surface area contributed by atoms with Crippen LogP contribution in [-0.2, 0) is 0 Å². The second kappa shape index (κ2) is 4.89. The molecule has 2 aromatic rings. The Bertz CT molecular complexity index is 664. The van der Waals surface area contributed by atoms with Crippen molar-refractivity contribution in [2.75, 3.05) is 0 Å². The van der Waals surface area contributed by atoms with Gasteiger partial charge >= 0.3 is 11.9 Å². The largest absolute Gasteiger partial charge is 0.478 e. The maximum absolute atomic E-state index is 11.2. The molecule has 5 heteroatoms. The molecule has 0 fully saturated rings. The number of benzene rings is 1. The van der Waals surface area contributed by atoms with Gasteiger partial charge in [-0.05, 0) is 24.1 Å². The Morgan fingerprint density at radius 2 is 1.74 bits per heavy atom. The molecule has 2 rings (SSSR count). The third kappa shape index (κ3) is 2.44. The zero-order chi connectivity index (χ0) is 14.0. The van der Waals surface area contributed by atoms with Gasteiger partial charge in [0.15, 0.2) is 0 Å². The molecule has 1 heterocycles. The van der Waals surface area contributed by atoms with E-state index in [2.05, 4.69) is 4.98 Å². The summed E-state index contributed by atoms with van der Waals surface area (Å²) >= 11 is 0. The molecule has 1 aromatic heterocycles. The summed E-state index contributed by atoms with van der Waals surface area (Å²) in [6, 6.07) is 8.48. The standard InChI is InChI=1S/C14H11NO4/c1-8-4-2-3-5-9(8)10-6-12(14(18)19)15-7-11(10)13(16)17/h2-7H,1H3,(H,16,17)(H,18,19). The average molecular weight is 257 g/mol. The third-order valence-electron chi connectivity index (χ3n) is 2.79. The van der Waals surface area contributed by atoms with Crippen LogP contribution in [0.25, 0.3) is 11.1 Å². The molecule has 5 nitrogen and oxygen atoms in total. The number of carboxylic acids is 2. The molecule has 19 heavy (non-hydrogen) atoms. The van der Waals surface area contributed by atoms with E-state index < -0.39 is 11.9 Å². The molecular formula is C14H11NO4. The molecule has 0 saturated carbocycles. The van der Waals surface area contributed by atoms with Gasteiger partial charge in [-0.25, -0.2) is 14.6 Å². The first-order valence-corrected chi connectivity index (χ1v) is 5.53. The maximum atomic E-state index is 11.2. The van der Waals surface area contributed by atoms with E-state index in [1.807, 2.05) is 19.1 Å². The van der Waals surface area contributed by atoms with Crippen molar-refractivity contribution in [3.8, 4) is 11.1 Å². The molecule has 0 bridgehead atoms. The molecule has 0 radical (unpaired) electrons. The normalized spacial score (nSPS) is 10.2. The van der Waals surface area contributed by atoms with E-state index in [-0.39, 0.29) is 11.3 Å². The van der Waals surface area contributed by atoms with Gasteiger partial charge in [0.25, 0.3) is 0 Å². The highest BCUT2D eigenvalue weighted by molar-refractivity contribution is 5.98. The number of pyridine rings is 1. The average Bonchev–Trinajstić information content (AvgIpc) is 2.38. The van der Waals surface area contributed by atoms with E-state index in [1.165, 1.54) is 6.07 Å². The summed E-state index contributed by atoms with van der Waals surface area (Å²) in [7, 11) is 0. The molecule has 0 aliphatic rings. The molecule has 96 valence electrons. The lowest BCUT2D eigenvalue weighted by molar-refractivity contribution is 0.0676. The minimum atomic E-state index is -1.19. The van der Waals surface area contributed by atoms with Gasteiger partial charge in [0.2, 0.25) is 0 Å². The highest BCUT2D eigenvalue weighted by Crippen LogP contribution is 2.27. The maximum Gasteiger partial charge on any atom is 0.354 e. The van der Waals surface area contributed by atoms with E-state index in [1.54, 1.807) is 12.1 Å². The number of aromatic nitrogens is 1. The van der Waals surface area contributed by atoms with Crippen molar-refractivity contribution in [2.45, 2.75) is 6.92 Å². The van der Waals surface area contributed by atoms with Gasteiger partial charge < -0.3 is 10.2 Å². The van der Waals surface area contributed by atoms with Crippen molar-refractivity contribution in [1.29, 1.82) is 0 Å². The highest BCUT2D eigenvalue weighted by atomic mass is 16.4. The minimum absolute atomic E-state index is 0.0145. The summed E-state index contributed by atoms with van der Waals surface area (Å²) in [5.74, 6) is -2.32. The van der Waals surface area contributed by atoms with Gasteiger partial charge in [0, 0.05) is 11.8 Å². The number of carbonyl (C=O) groups is 2. The Hall–Kier alpha value is -2.69. The highest BCUT2D eigenvalue weighted by Gasteiger charge is 2.17. The summed E-state index contributed by atoms with van der Waals surface area (Å²) in [6.45, 7) is 1.84. The van der Waals surface area contributed by atoms with Crippen LogP contribution in [0, 0.1) is 6.92 Å². The zero-order valence-electron chi connectivity index (χ0n) is 10.1. The van der Waals surface area contributed by atoms with Crippen molar-refractivity contribution in [2.24, 2.45) is 0 Å². The van der Waals surface area contributed by atoms with Crippen LogP contribution in [0.2, 0.25) is 0 Å². The number of rotatable bonds is 3. The Balaban J connectivity index is 2.72. The van der Waals surface area contributed by atoms with Gasteiger partial charge in [-0.2, -0.15) is 0 Å². The van der Waals surface area contributed by atoms with E-state index in [0.29, 0.717) is 11.1 Å². The van der Waals surface area contributed by atoms with Crippen molar-refractivity contribution in [1.82, 2.24) is 4.98 Å². The molecule has 0 amide bonds. The third-order valence-corrected chi connectivity index (χ3v) is 2.79. The molecule has 0 unspecified atom stereocenters. The topological polar surface area (TPSA) is 87.5 Å². The smallest absolute Gasteiger partial charge is 0.354 e. The van der Waals surface area contributed by atoms with Crippen LogP contribution in [-0.4, -0.2) is 27.1 Å². The van der Waals surface area contributed by atoms with Gasteiger partial charge in [0.05, 0.1) is 5.56 Å². The molecule has 0 atom stereocenters.